The van der Waals surface area contributed by atoms with Crippen LogP contribution in [-0.2, 0) is 0 Å². The Labute approximate surface area is 103 Å². The van der Waals surface area contributed by atoms with Crippen LogP contribution in [0, 0.1) is 9.39 Å². The van der Waals surface area contributed by atoms with Gasteiger partial charge >= 0.3 is 0 Å². The predicted octanol–water partition coefficient (Wildman–Crippen LogP) is 3.00. The van der Waals surface area contributed by atoms with E-state index in [1.54, 1.807) is 6.07 Å². The van der Waals surface area contributed by atoms with Crippen LogP contribution in [0.5, 0.6) is 0 Å². The van der Waals surface area contributed by atoms with E-state index in [0.29, 0.717) is 0 Å². The minimum absolute atomic E-state index is 0.203. The molecule has 0 aromatic heterocycles. The van der Waals surface area contributed by atoms with Gasteiger partial charge in [-0.3, -0.25) is 0 Å². The molecule has 1 aromatic rings. The molecule has 15 heavy (non-hydrogen) atoms. The molecule has 0 fully saturated rings. The summed E-state index contributed by atoms with van der Waals surface area (Å²) in [7, 11) is 0. The Bertz CT molecular complexity index is 307. The molecule has 0 saturated carbocycles. The molecule has 0 radical (unpaired) electrons. The number of aliphatic hydroxyl groups excluding tert-OH is 1. The number of unbranched alkanes of at least 4 members (excludes halogenated alkanes) is 2. The molecule has 1 aromatic carbocycles. The number of benzene rings is 1. The molecule has 0 spiro atoms. The van der Waals surface area contributed by atoms with E-state index >= 15 is 0 Å². The number of aliphatic hydroxyl groups is 1. The van der Waals surface area contributed by atoms with Crippen LogP contribution >= 0.6 is 22.6 Å². The normalized spacial score (nSPS) is 10.3. The van der Waals surface area contributed by atoms with E-state index in [1.807, 2.05) is 0 Å². The highest BCUT2D eigenvalue weighted by Gasteiger charge is 1.99. The zero-order chi connectivity index (χ0) is 11.1. The lowest BCUT2D eigenvalue weighted by atomic mass is 10.2. The van der Waals surface area contributed by atoms with Gasteiger partial charge in [0.15, 0.2) is 0 Å². The Hall–Kier alpha value is -0.360. The van der Waals surface area contributed by atoms with Crippen LogP contribution in [0.2, 0.25) is 0 Å². The van der Waals surface area contributed by atoms with Gasteiger partial charge in [0.1, 0.15) is 5.82 Å². The van der Waals surface area contributed by atoms with Crippen molar-refractivity contribution in [2.45, 2.75) is 19.3 Å². The molecule has 0 aliphatic heterocycles. The zero-order valence-corrected chi connectivity index (χ0v) is 10.6. The molecule has 0 bridgehead atoms. The molecule has 84 valence electrons. The first-order valence-corrected chi connectivity index (χ1v) is 6.11. The van der Waals surface area contributed by atoms with E-state index in [4.69, 9.17) is 5.11 Å². The highest BCUT2D eigenvalue weighted by atomic mass is 127. The molecule has 4 heteroatoms. The molecular weight excluding hydrogens is 308 g/mol. The van der Waals surface area contributed by atoms with Crippen molar-refractivity contribution in [3.05, 3.63) is 27.6 Å². The molecule has 0 atom stereocenters. The highest BCUT2D eigenvalue weighted by molar-refractivity contribution is 14.1. The minimum atomic E-state index is -0.203. The number of hydrogen-bond acceptors (Lipinski definition) is 2. The maximum Gasteiger partial charge on any atom is 0.124 e. The van der Waals surface area contributed by atoms with Crippen molar-refractivity contribution in [3.63, 3.8) is 0 Å². The van der Waals surface area contributed by atoms with Crippen LogP contribution in [0.15, 0.2) is 18.2 Å². The van der Waals surface area contributed by atoms with Crippen LogP contribution in [-0.4, -0.2) is 18.3 Å². The third-order valence-electron chi connectivity index (χ3n) is 2.08. The molecule has 0 heterocycles. The summed E-state index contributed by atoms with van der Waals surface area (Å²) in [4.78, 5) is 0. The van der Waals surface area contributed by atoms with Crippen molar-refractivity contribution >= 4 is 28.3 Å². The van der Waals surface area contributed by atoms with Crippen LogP contribution in [0.1, 0.15) is 19.3 Å². The van der Waals surface area contributed by atoms with Gasteiger partial charge in [-0.05, 0) is 60.1 Å². The molecule has 0 amide bonds. The first kappa shape index (κ1) is 12.7. The van der Waals surface area contributed by atoms with Gasteiger partial charge in [-0.25, -0.2) is 4.39 Å². The molecule has 2 N–H and O–H groups in total. The number of hydrogen-bond donors (Lipinski definition) is 2. The molecule has 0 unspecified atom stereocenters. The fraction of sp³-hybridized carbons (Fsp3) is 0.455. The molecule has 0 saturated heterocycles. The van der Waals surface area contributed by atoms with Gasteiger partial charge in [0.25, 0.3) is 0 Å². The van der Waals surface area contributed by atoms with Crippen molar-refractivity contribution < 1.29 is 9.50 Å². The third-order valence-corrected chi connectivity index (χ3v) is 2.97. The molecule has 0 aliphatic rings. The fourth-order valence-corrected chi connectivity index (χ4v) is 1.94. The number of halogens is 2. The van der Waals surface area contributed by atoms with Gasteiger partial charge in [0.05, 0.1) is 0 Å². The third kappa shape index (κ3) is 4.79. The van der Waals surface area contributed by atoms with E-state index in [2.05, 4.69) is 27.9 Å². The van der Waals surface area contributed by atoms with E-state index in [0.717, 1.165) is 35.1 Å². The van der Waals surface area contributed by atoms with Crippen molar-refractivity contribution in [2.24, 2.45) is 0 Å². The second-order valence-electron chi connectivity index (χ2n) is 3.34. The highest BCUT2D eigenvalue weighted by Crippen LogP contribution is 2.18. The van der Waals surface area contributed by atoms with Crippen LogP contribution in [0.25, 0.3) is 0 Å². The first-order chi connectivity index (χ1) is 7.24. The largest absolute Gasteiger partial charge is 0.396 e. The second-order valence-corrected chi connectivity index (χ2v) is 4.50. The van der Waals surface area contributed by atoms with Crippen LogP contribution in [0.4, 0.5) is 10.1 Å². The Kier molecular flexibility index (Phi) is 5.93. The monoisotopic (exact) mass is 323 g/mol. The standard InChI is InChI=1S/C11H15FINO/c12-9-4-5-11(10(13)8-9)14-6-2-1-3-7-15/h4-5,8,14-15H,1-3,6-7H2. The van der Waals surface area contributed by atoms with Crippen LogP contribution in [0.3, 0.4) is 0 Å². The lowest BCUT2D eigenvalue weighted by Crippen LogP contribution is -2.03. The number of nitrogens with one attached hydrogen (secondary N) is 1. The van der Waals surface area contributed by atoms with Crippen molar-refractivity contribution in [1.82, 2.24) is 0 Å². The Balaban J connectivity index is 2.31. The maximum atomic E-state index is 12.8. The van der Waals surface area contributed by atoms with Gasteiger partial charge in [0.2, 0.25) is 0 Å². The van der Waals surface area contributed by atoms with E-state index in [9.17, 15) is 4.39 Å². The summed E-state index contributed by atoms with van der Waals surface area (Å²) < 4.78 is 13.7. The van der Waals surface area contributed by atoms with E-state index in [1.165, 1.54) is 12.1 Å². The van der Waals surface area contributed by atoms with Crippen molar-refractivity contribution in [1.29, 1.82) is 0 Å². The van der Waals surface area contributed by atoms with E-state index < -0.39 is 0 Å². The number of anilines is 1. The summed E-state index contributed by atoms with van der Waals surface area (Å²) in [5.41, 5.74) is 0.973. The minimum Gasteiger partial charge on any atom is -0.396 e. The lowest BCUT2D eigenvalue weighted by Gasteiger charge is -2.08. The summed E-state index contributed by atoms with van der Waals surface area (Å²) in [6, 6.07) is 4.72. The average molecular weight is 323 g/mol. The van der Waals surface area contributed by atoms with Crippen molar-refractivity contribution in [2.75, 3.05) is 18.5 Å². The summed E-state index contributed by atoms with van der Waals surface area (Å²) in [5.74, 6) is -0.203. The Morgan fingerprint density at radius 3 is 2.73 bits per heavy atom. The zero-order valence-electron chi connectivity index (χ0n) is 8.47. The first-order valence-electron chi connectivity index (χ1n) is 5.04. The van der Waals surface area contributed by atoms with Crippen LogP contribution < -0.4 is 5.32 Å². The predicted molar refractivity (Wildman–Crippen MR) is 68.5 cm³/mol. The topological polar surface area (TPSA) is 32.3 Å². The smallest absolute Gasteiger partial charge is 0.124 e. The van der Waals surface area contributed by atoms with Crippen molar-refractivity contribution in [3.8, 4) is 0 Å². The lowest BCUT2D eigenvalue weighted by molar-refractivity contribution is 0.283. The maximum absolute atomic E-state index is 12.8. The summed E-state index contributed by atoms with van der Waals surface area (Å²) in [6.07, 6.45) is 2.89. The quantitative estimate of drug-likeness (QED) is 0.623. The van der Waals surface area contributed by atoms with Gasteiger partial charge in [-0.1, -0.05) is 0 Å². The molecule has 2 nitrogen and oxygen atoms in total. The fourth-order valence-electron chi connectivity index (χ4n) is 1.27. The van der Waals surface area contributed by atoms with Gasteiger partial charge in [0, 0.05) is 22.4 Å². The molecule has 0 aliphatic carbocycles. The molecular formula is C11H15FINO. The summed E-state index contributed by atoms with van der Waals surface area (Å²) >= 11 is 2.11. The average Bonchev–Trinajstić information content (AvgIpc) is 2.20. The molecule has 1 rings (SSSR count). The Morgan fingerprint density at radius 1 is 1.27 bits per heavy atom. The Morgan fingerprint density at radius 2 is 2.07 bits per heavy atom. The van der Waals surface area contributed by atoms with E-state index in [-0.39, 0.29) is 12.4 Å². The SMILES string of the molecule is OCCCCCNc1ccc(F)cc1I. The second kappa shape index (κ2) is 7.00. The van der Waals surface area contributed by atoms with Gasteiger partial charge < -0.3 is 10.4 Å². The summed E-state index contributed by atoms with van der Waals surface area (Å²) in [6.45, 7) is 1.12. The van der Waals surface area contributed by atoms with Gasteiger partial charge in [-0.15, -0.1) is 0 Å². The number of rotatable bonds is 6. The summed E-state index contributed by atoms with van der Waals surface area (Å²) in [5, 5.41) is 11.8. The van der Waals surface area contributed by atoms with Gasteiger partial charge in [-0.2, -0.15) is 0 Å².